The van der Waals surface area contributed by atoms with Crippen LogP contribution in [0.5, 0.6) is 0 Å². The Morgan fingerprint density at radius 3 is 2.59 bits per heavy atom. The molecule has 1 aromatic heterocycles. The van der Waals surface area contributed by atoms with E-state index in [1.165, 1.54) is 17.5 Å². The first-order valence-electron chi connectivity index (χ1n) is 4.15. The van der Waals surface area contributed by atoms with Gasteiger partial charge in [0.25, 0.3) is 5.56 Å². The number of hydrogen-bond donors (Lipinski definition) is 4. The van der Waals surface area contributed by atoms with E-state index in [9.17, 15) is 4.79 Å². The van der Waals surface area contributed by atoms with E-state index in [4.69, 9.17) is 11.7 Å². The van der Waals surface area contributed by atoms with Gasteiger partial charge in [0.15, 0.2) is 0 Å². The van der Waals surface area contributed by atoms with Gasteiger partial charge >= 0.3 is 0 Å². The molecule has 2 rings (SSSR count). The molecule has 0 saturated carbocycles. The van der Waals surface area contributed by atoms with Crippen molar-refractivity contribution in [3.05, 3.63) is 35.3 Å². The molecule has 0 spiro atoms. The third kappa shape index (κ3) is 5.67. The number of nitrogens with two attached hydrogens (primary N) is 2. The first kappa shape index (κ1) is 15.1. The minimum Gasteiger partial charge on any atom is -0.310 e. The summed E-state index contributed by atoms with van der Waals surface area (Å²) in [6.07, 6.45) is 4.96. The summed E-state index contributed by atoms with van der Waals surface area (Å²) in [4.78, 5) is 12.4. The maximum atomic E-state index is 10.1. The number of H-pyrrole nitrogens is 1. The number of hydrogen-bond acceptors (Lipinski definition) is 9. The number of nitrogens with zero attached hydrogens (tertiary/aromatic N) is 5. The molecule has 1 unspecified atom stereocenters. The van der Waals surface area contributed by atoms with Gasteiger partial charge in [-0.15, -0.1) is 22.6 Å². The first-order valence-corrected chi connectivity index (χ1v) is 4.15. The Hall–Kier alpha value is -1.88. The molecule has 6 N–H and O–H groups in total. The van der Waals surface area contributed by atoms with Crippen LogP contribution in [-0.4, -0.2) is 26.5 Å². The van der Waals surface area contributed by atoms with Crippen molar-refractivity contribution in [1.82, 2.24) is 25.6 Å². The molecule has 1 aliphatic rings. The van der Waals surface area contributed by atoms with Crippen molar-refractivity contribution in [3.63, 3.8) is 0 Å². The summed E-state index contributed by atoms with van der Waals surface area (Å²) in [5.41, 5.74) is 2.12. The third-order valence-corrected chi connectivity index (χ3v) is 1.42. The Morgan fingerprint density at radius 1 is 1.47 bits per heavy atom. The van der Waals surface area contributed by atoms with Crippen molar-refractivity contribution >= 4 is 12.4 Å². The third-order valence-electron chi connectivity index (χ3n) is 1.42. The summed E-state index contributed by atoms with van der Waals surface area (Å²) >= 11 is 0. The Morgan fingerprint density at radius 2 is 2.24 bits per heavy atom. The van der Waals surface area contributed by atoms with Crippen LogP contribution in [0.1, 0.15) is 0 Å². The number of hydrazine groups is 2. The number of aromatic nitrogens is 3. The van der Waals surface area contributed by atoms with Gasteiger partial charge in [-0.05, 0) is 0 Å². The van der Waals surface area contributed by atoms with Gasteiger partial charge in [0, 0.05) is 6.20 Å². The van der Waals surface area contributed by atoms with E-state index in [0.29, 0.717) is 0 Å². The second kappa shape index (κ2) is 8.29. The summed E-state index contributed by atoms with van der Waals surface area (Å²) in [5.74, 6) is 10.4. The Bertz CT molecular complexity index is 400. The summed E-state index contributed by atoms with van der Waals surface area (Å²) in [6.45, 7) is 0. The fraction of sp³-hybridized carbons (Fsp3) is 0.167. The van der Waals surface area contributed by atoms with Crippen LogP contribution in [0.4, 0.5) is 0 Å². The molecule has 0 amide bonds. The molecular weight excluding hydrogens is 250 g/mol. The molecule has 1 atom stereocenters. The minimum absolute atomic E-state index is 0. The van der Waals surface area contributed by atoms with Gasteiger partial charge < -0.3 is 4.98 Å². The van der Waals surface area contributed by atoms with Crippen molar-refractivity contribution in [2.24, 2.45) is 21.9 Å². The van der Waals surface area contributed by atoms with Crippen LogP contribution in [0.25, 0.3) is 0 Å². The fourth-order valence-corrected chi connectivity index (χ4v) is 0.718. The molecule has 0 aliphatic carbocycles. The monoisotopic (exact) mass is 261 g/mol. The molecule has 0 aromatic carbocycles. The zero-order chi connectivity index (χ0) is 11.8. The van der Waals surface area contributed by atoms with Crippen LogP contribution in [-0.2, 0) is 0 Å². The molecule has 94 valence electrons. The molecule has 1 aliphatic heterocycles. The Balaban J connectivity index is 0.000000292. The van der Waals surface area contributed by atoms with Gasteiger partial charge in [-0.3, -0.25) is 15.6 Å². The zero-order valence-electron chi connectivity index (χ0n) is 8.59. The predicted molar refractivity (Wildman–Crippen MR) is 61.0 cm³/mol. The van der Waals surface area contributed by atoms with Crippen LogP contribution in [0.15, 0.2) is 39.9 Å². The normalized spacial score (nSPS) is 16.8. The zero-order valence-corrected chi connectivity index (χ0v) is 9.41. The highest BCUT2D eigenvalue weighted by molar-refractivity contribution is 5.85. The standard InChI is InChI=1S/C3H8N6.C3H3N3O.ClH/c4-7-3-8-6-1-2-9(3)5;7-3-1-5-6-2-4-3;/h1-3,7H,4-5H2;1-2H,(H,4,6,7);1H. The fourth-order valence-electron chi connectivity index (χ4n) is 0.718. The quantitative estimate of drug-likeness (QED) is 0.352. The molecule has 0 bridgehead atoms. The molecule has 0 saturated heterocycles. The van der Waals surface area contributed by atoms with Crippen LogP contribution < -0.4 is 22.7 Å². The summed E-state index contributed by atoms with van der Waals surface area (Å²) in [7, 11) is 0. The highest BCUT2D eigenvalue weighted by Gasteiger charge is 2.09. The van der Waals surface area contributed by atoms with Crippen molar-refractivity contribution in [2.45, 2.75) is 6.29 Å². The van der Waals surface area contributed by atoms with Gasteiger partial charge in [0.1, 0.15) is 12.5 Å². The number of rotatable bonds is 1. The summed E-state index contributed by atoms with van der Waals surface area (Å²) < 4.78 is 0. The van der Waals surface area contributed by atoms with Gasteiger partial charge in [-0.1, -0.05) is 0 Å². The maximum Gasteiger partial charge on any atom is 0.269 e. The minimum atomic E-state index is -0.435. The Labute approximate surface area is 102 Å². The van der Waals surface area contributed by atoms with Crippen LogP contribution in [0.3, 0.4) is 0 Å². The molecule has 2 heterocycles. The molecular formula is C6H12ClN9O. The smallest absolute Gasteiger partial charge is 0.269 e. The molecule has 10 nitrogen and oxygen atoms in total. The summed E-state index contributed by atoms with van der Waals surface area (Å²) in [5, 5.41) is 15.1. The second-order valence-electron chi connectivity index (χ2n) is 2.51. The van der Waals surface area contributed by atoms with Gasteiger partial charge in [-0.25, -0.2) is 11.3 Å². The maximum absolute atomic E-state index is 10.1. The Kier molecular flexibility index (Phi) is 7.38. The molecule has 0 fully saturated rings. The van der Waals surface area contributed by atoms with E-state index in [1.807, 2.05) is 0 Å². The summed E-state index contributed by atoms with van der Waals surface area (Å²) in [6, 6.07) is 0. The van der Waals surface area contributed by atoms with E-state index in [2.05, 4.69) is 30.8 Å². The lowest BCUT2D eigenvalue weighted by Crippen LogP contribution is -2.48. The van der Waals surface area contributed by atoms with E-state index in [1.54, 1.807) is 6.20 Å². The van der Waals surface area contributed by atoms with Gasteiger partial charge in [-0.2, -0.15) is 10.2 Å². The van der Waals surface area contributed by atoms with Crippen LogP contribution in [0, 0.1) is 0 Å². The first-order chi connectivity index (χ1) is 7.74. The van der Waals surface area contributed by atoms with Crippen molar-refractivity contribution in [3.8, 4) is 0 Å². The van der Waals surface area contributed by atoms with Crippen LogP contribution in [0.2, 0.25) is 0 Å². The van der Waals surface area contributed by atoms with Crippen LogP contribution >= 0.6 is 12.4 Å². The number of nitrogens with one attached hydrogen (secondary N) is 2. The number of halogens is 1. The lowest BCUT2D eigenvalue weighted by atomic mass is 10.7. The average molecular weight is 262 g/mol. The number of aromatic amines is 1. The largest absolute Gasteiger partial charge is 0.310 e. The average Bonchev–Trinajstić information content (AvgIpc) is 2.31. The lowest BCUT2D eigenvalue weighted by Gasteiger charge is -2.21. The van der Waals surface area contributed by atoms with Gasteiger partial charge in [0.2, 0.25) is 6.29 Å². The molecule has 17 heavy (non-hydrogen) atoms. The van der Waals surface area contributed by atoms with E-state index in [0.717, 1.165) is 6.20 Å². The van der Waals surface area contributed by atoms with Crippen molar-refractivity contribution in [1.29, 1.82) is 0 Å². The molecule has 0 radical (unpaired) electrons. The second-order valence-corrected chi connectivity index (χ2v) is 2.51. The predicted octanol–water partition coefficient (Wildman–Crippen LogP) is -1.57. The van der Waals surface area contributed by atoms with Crippen molar-refractivity contribution in [2.75, 3.05) is 0 Å². The van der Waals surface area contributed by atoms with E-state index < -0.39 is 6.29 Å². The molecule has 1 aromatic rings. The highest BCUT2D eigenvalue weighted by Crippen LogP contribution is 1.98. The van der Waals surface area contributed by atoms with E-state index >= 15 is 0 Å². The topological polar surface area (TPSA) is 151 Å². The SMILES string of the molecule is Cl.NNC1N=NC=CN1N.O=c1cnnc[nH]1. The van der Waals surface area contributed by atoms with E-state index in [-0.39, 0.29) is 18.0 Å². The lowest BCUT2D eigenvalue weighted by molar-refractivity contribution is 0.231. The van der Waals surface area contributed by atoms with Gasteiger partial charge in [0.05, 0.1) is 6.20 Å². The number of azo groups is 1. The molecule has 11 heteroatoms. The van der Waals surface area contributed by atoms with Crippen molar-refractivity contribution < 1.29 is 0 Å². The highest BCUT2D eigenvalue weighted by atomic mass is 35.5.